The summed E-state index contributed by atoms with van der Waals surface area (Å²) in [6.45, 7) is 0.638. The molecule has 37 heavy (non-hydrogen) atoms. The van der Waals surface area contributed by atoms with E-state index in [9.17, 15) is 9.59 Å². The average Bonchev–Trinajstić information content (AvgIpc) is 2.89. The van der Waals surface area contributed by atoms with E-state index >= 15 is 0 Å². The number of carboxylic acid groups (broad SMARTS) is 1. The summed E-state index contributed by atoms with van der Waals surface area (Å²) in [6, 6.07) is 0. The van der Waals surface area contributed by atoms with E-state index in [2.05, 4.69) is 22.6 Å². The topological polar surface area (TPSA) is 63.6 Å². The molecular weight excluding hydrogens is 575 g/mol. The van der Waals surface area contributed by atoms with Gasteiger partial charge in [-0.1, -0.05) is 164 Å². The second-order valence-electron chi connectivity index (χ2n) is 11.0. The Labute approximate surface area is 244 Å². The van der Waals surface area contributed by atoms with Crippen LogP contribution in [-0.4, -0.2) is 28.1 Å². The van der Waals surface area contributed by atoms with Crippen LogP contribution in [-0.2, 0) is 14.3 Å². The van der Waals surface area contributed by atoms with Crippen molar-refractivity contribution in [3.05, 3.63) is 0 Å². The van der Waals surface area contributed by atoms with Crippen LogP contribution < -0.4 is 0 Å². The number of unbranched alkanes of at least 4 members (excludes halogenated alkanes) is 12. The van der Waals surface area contributed by atoms with Crippen molar-refractivity contribution in [2.24, 2.45) is 0 Å². The Balaban J connectivity index is 0.000000701. The van der Waals surface area contributed by atoms with Crippen molar-refractivity contribution in [3.63, 3.8) is 0 Å². The Kier molecular flexibility index (Phi) is 31.6. The minimum atomic E-state index is -0.654. The summed E-state index contributed by atoms with van der Waals surface area (Å²) in [6.07, 6.45) is 34.7. The highest BCUT2D eigenvalue weighted by atomic mass is 127. The first-order chi connectivity index (χ1) is 18.2. The first-order valence-electron chi connectivity index (χ1n) is 16.1. The predicted octanol–water partition coefficient (Wildman–Crippen LogP) is 11.0. The summed E-state index contributed by atoms with van der Waals surface area (Å²) in [5, 5.41) is 8.50. The third-order valence-electron chi connectivity index (χ3n) is 7.31. The third kappa shape index (κ3) is 33.6. The summed E-state index contributed by atoms with van der Waals surface area (Å²) in [5.74, 6) is -0.641. The lowest BCUT2D eigenvalue weighted by Crippen LogP contribution is -2.05. The van der Waals surface area contributed by atoms with Crippen LogP contribution in [0.25, 0.3) is 0 Å². The number of hydrogen-bond acceptors (Lipinski definition) is 3. The van der Waals surface area contributed by atoms with Gasteiger partial charge in [0.15, 0.2) is 0 Å². The summed E-state index contributed by atoms with van der Waals surface area (Å²) in [7, 11) is 0. The highest BCUT2D eigenvalue weighted by Gasteiger charge is 2.03. The van der Waals surface area contributed by atoms with Crippen LogP contribution in [0.5, 0.6) is 0 Å². The average molecular weight is 637 g/mol. The standard InChI is InChI=1S/C16H31IO2.C16H30O2/c17-15-13-11-9-7-5-3-1-2-4-6-8-10-12-14-16(18)19;17-16-14-12-10-8-6-4-2-1-3-5-7-9-11-13-15-18-16/h1-15H2,(H,18,19);1-15H2. The lowest BCUT2D eigenvalue weighted by Gasteiger charge is -2.04. The molecule has 1 aliphatic heterocycles. The van der Waals surface area contributed by atoms with Gasteiger partial charge in [0.05, 0.1) is 6.61 Å². The van der Waals surface area contributed by atoms with Crippen molar-refractivity contribution in [1.82, 2.24) is 0 Å². The van der Waals surface area contributed by atoms with E-state index in [1.54, 1.807) is 0 Å². The molecule has 1 saturated heterocycles. The number of hydrogen-bond donors (Lipinski definition) is 1. The number of rotatable bonds is 15. The van der Waals surface area contributed by atoms with Gasteiger partial charge in [-0.25, -0.2) is 0 Å². The lowest BCUT2D eigenvalue weighted by molar-refractivity contribution is -0.144. The Morgan fingerprint density at radius 1 is 0.568 bits per heavy atom. The largest absolute Gasteiger partial charge is 0.481 e. The summed E-state index contributed by atoms with van der Waals surface area (Å²) in [5.41, 5.74) is 0. The molecule has 1 heterocycles. The van der Waals surface area contributed by atoms with Crippen LogP contribution in [0.1, 0.15) is 180 Å². The molecule has 220 valence electrons. The molecule has 0 atom stereocenters. The zero-order valence-corrected chi connectivity index (χ0v) is 26.4. The fraction of sp³-hybridized carbons (Fsp3) is 0.938. The fourth-order valence-electron chi connectivity index (χ4n) is 4.89. The number of cyclic esters (lactones) is 1. The monoisotopic (exact) mass is 636 g/mol. The fourth-order valence-corrected chi connectivity index (χ4v) is 5.43. The molecule has 0 aromatic carbocycles. The van der Waals surface area contributed by atoms with Gasteiger partial charge in [-0.3, -0.25) is 9.59 Å². The van der Waals surface area contributed by atoms with Crippen molar-refractivity contribution in [2.75, 3.05) is 11.0 Å². The number of halogens is 1. The van der Waals surface area contributed by atoms with Gasteiger partial charge < -0.3 is 9.84 Å². The van der Waals surface area contributed by atoms with Gasteiger partial charge in [0, 0.05) is 12.8 Å². The Morgan fingerprint density at radius 3 is 1.32 bits per heavy atom. The van der Waals surface area contributed by atoms with Gasteiger partial charge in [0.2, 0.25) is 0 Å². The smallest absolute Gasteiger partial charge is 0.305 e. The van der Waals surface area contributed by atoms with Crippen LogP contribution in [0.3, 0.4) is 0 Å². The molecule has 0 amide bonds. The van der Waals surface area contributed by atoms with E-state index in [1.807, 2.05) is 0 Å². The number of alkyl halides is 1. The number of carboxylic acids is 1. The molecule has 0 radical (unpaired) electrons. The summed E-state index contributed by atoms with van der Waals surface area (Å²) in [4.78, 5) is 21.7. The second-order valence-corrected chi connectivity index (χ2v) is 12.1. The number of carbonyl (C=O) groups is 2. The maximum Gasteiger partial charge on any atom is 0.305 e. The van der Waals surface area contributed by atoms with E-state index in [0.29, 0.717) is 19.4 Å². The lowest BCUT2D eigenvalue weighted by atomic mass is 10.0. The van der Waals surface area contributed by atoms with Crippen molar-refractivity contribution in [1.29, 1.82) is 0 Å². The number of ether oxygens (including phenoxy) is 1. The Bertz CT molecular complexity index is 463. The molecule has 5 heteroatoms. The minimum Gasteiger partial charge on any atom is -0.481 e. The normalized spacial score (nSPS) is 16.7. The molecule has 1 rings (SSSR count). The molecule has 4 nitrogen and oxygen atoms in total. The molecule has 1 N–H and O–H groups in total. The maximum atomic E-state index is 11.4. The van der Waals surface area contributed by atoms with E-state index in [0.717, 1.165) is 25.7 Å². The van der Waals surface area contributed by atoms with Gasteiger partial charge in [-0.05, 0) is 30.1 Å². The molecule has 0 aliphatic carbocycles. The maximum absolute atomic E-state index is 11.4. The van der Waals surface area contributed by atoms with Crippen molar-refractivity contribution < 1.29 is 19.4 Å². The highest BCUT2D eigenvalue weighted by molar-refractivity contribution is 14.1. The quantitative estimate of drug-likeness (QED) is 0.0841. The molecule has 1 fully saturated rings. The van der Waals surface area contributed by atoms with E-state index in [1.165, 1.54) is 146 Å². The van der Waals surface area contributed by atoms with Crippen LogP contribution >= 0.6 is 22.6 Å². The second kappa shape index (κ2) is 31.9. The van der Waals surface area contributed by atoms with Crippen molar-refractivity contribution >= 4 is 34.5 Å². The van der Waals surface area contributed by atoms with Crippen LogP contribution in [0.2, 0.25) is 0 Å². The van der Waals surface area contributed by atoms with Crippen LogP contribution in [0, 0.1) is 0 Å². The Morgan fingerprint density at radius 2 is 0.919 bits per heavy atom. The molecule has 0 unspecified atom stereocenters. The van der Waals surface area contributed by atoms with E-state index < -0.39 is 5.97 Å². The van der Waals surface area contributed by atoms with Crippen LogP contribution in [0.15, 0.2) is 0 Å². The van der Waals surface area contributed by atoms with E-state index in [4.69, 9.17) is 9.84 Å². The summed E-state index contributed by atoms with van der Waals surface area (Å²) < 4.78 is 6.54. The molecule has 0 aromatic rings. The molecule has 0 bridgehead atoms. The molecule has 0 saturated carbocycles. The number of aliphatic carboxylic acids is 1. The first kappa shape index (κ1) is 36.7. The zero-order valence-electron chi connectivity index (χ0n) is 24.3. The van der Waals surface area contributed by atoms with Gasteiger partial charge in [0.25, 0.3) is 0 Å². The van der Waals surface area contributed by atoms with Gasteiger partial charge >= 0.3 is 11.9 Å². The minimum absolute atomic E-state index is 0.0133. The van der Waals surface area contributed by atoms with Gasteiger partial charge in [0.1, 0.15) is 0 Å². The van der Waals surface area contributed by atoms with Crippen molar-refractivity contribution in [2.45, 2.75) is 180 Å². The first-order valence-corrected chi connectivity index (χ1v) is 17.6. The Hall–Kier alpha value is -0.330. The molecule has 1 aliphatic rings. The van der Waals surface area contributed by atoms with E-state index in [-0.39, 0.29) is 5.97 Å². The number of carbonyl (C=O) groups excluding carboxylic acids is 1. The van der Waals surface area contributed by atoms with Gasteiger partial charge in [-0.2, -0.15) is 0 Å². The van der Waals surface area contributed by atoms with Gasteiger partial charge in [-0.15, -0.1) is 0 Å². The third-order valence-corrected chi connectivity index (χ3v) is 8.08. The highest BCUT2D eigenvalue weighted by Crippen LogP contribution is 2.15. The molecular formula is C32H61IO4. The summed E-state index contributed by atoms with van der Waals surface area (Å²) >= 11 is 2.46. The zero-order chi connectivity index (χ0) is 27.1. The molecule has 0 spiro atoms. The molecule has 0 aromatic heterocycles. The van der Waals surface area contributed by atoms with Crippen LogP contribution in [0.4, 0.5) is 0 Å². The predicted molar refractivity (Wildman–Crippen MR) is 167 cm³/mol. The van der Waals surface area contributed by atoms with Crippen molar-refractivity contribution in [3.8, 4) is 0 Å². The number of esters is 1. The SMILES string of the molecule is O=C(O)CCCCCCCCCCCCCCCI.O=C1CCCCCCCCCCCCCCCO1.